The van der Waals surface area contributed by atoms with Gasteiger partial charge in [-0.15, -0.1) is 0 Å². The number of aryl methyl sites for hydroxylation is 1. The molecule has 3 nitrogen and oxygen atoms in total. The Morgan fingerprint density at radius 3 is 2.95 bits per heavy atom. The van der Waals surface area contributed by atoms with Crippen LogP contribution in [0.3, 0.4) is 0 Å². The average molecular weight is 251 g/mol. The maximum absolute atomic E-state index is 5.63. The summed E-state index contributed by atoms with van der Waals surface area (Å²) in [7, 11) is 0. The third-order valence-corrected chi connectivity index (χ3v) is 3.47. The Hall–Kier alpha value is -2.13. The van der Waals surface area contributed by atoms with Gasteiger partial charge in [0.2, 0.25) is 0 Å². The highest BCUT2D eigenvalue weighted by atomic mass is 14.9. The number of benzene rings is 1. The van der Waals surface area contributed by atoms with Crippen LogP contribution in [0.4, 0.5) is 0 Å². The molecule has 2 aromatic heterocycles. The van der Waals surface area contributed by atoms with Crippen molar-refractivity contribution in [2.75, 3.05) is 0 Å². The Labute approximate surface area is 112 Å². The van der Waals surface area contributed by atoms with E-state index >= 15 is 0 Å². The molecule has 2 heterocycles. The van der Waals surface area contributed by atoms with Gasteiger partial charge in [0.05, 0.1) is 5.69 Å². The number of hydrogen-bond acceptors (Lipinski definition) is 2. The summed E-state index contributed by atoms with van der Waals surface area (Å²) in [5.74, 6) is 0. The molecule has 0 aliphatic rings. The first-order valence-electron chi connectivity index (χ1n) is 6.46. The Kier molecular flexibility index (Phi) is 3.05. The van der Waals surface area contributed by atoms with E-state index in [4.69, 9.17) is 5.73 Å². The molecule has 0 amide bonds. The van der Waals surface area contributed by atoms with Crippen molar-refractivity contribution in [3.8, 4) is 0 Å². The van der Waals surface area contributed by atoms with Gasteiger partial charge in [0.25, 0.3) is 0 Å². The summed E-state index contributed by atoms with van der Waals surface area (Å²) < 4.78 is 2.26. The summed E-state index contributed by atoms with van der Waals surface area (Å²) in [5, 5.41) is 1.32. The highest BCUT2D eigenvalue weighted by Gasteiger charge is 2.04. The molecule has 1 aromatic carbocycles. The third kappa shape index (κ3) is 2.25. The molecule has 2 N–H and O–H groups in total. The molecule has 0 atom stereocenters. The molecule has 3 aromatic rings. The van der Waals surface area contributed by atoms with E-state index in [0.29, 0.717) is 6.54 Å². The second-order valence-electron chi connectivity index (χ2n) is 4.81. The molecule has 96 valence electrons. The maximum atomic E-state index is 5.63. The van der Waals surface area contributed by atoms with Crippen LogP contribution < -0.4 is 5.73 Å². The van der Waals surface area contributed by atoms with E-state index in [1.165, 1.54) is 22.0 Å². The second-order valence-corrected chi connectivity index (χ2v) is 4.81. The number of nitrogens with two attached hydrogens (primary N) is 1. The minimum Gasteiger partial charge on any atom is -0.343 e. The molecular weight excluding hydrogens is 234 g/mol. The molecule has 0 unspecified atom stereocenters. The lowest BCUT2D eigenvalue weighted by Crippen LogP contribution is -2.03. The van der Waals surface area contributed by atoms with E-state index in [9.17, 15) is 0 Å². The van der Waals surface area contributed by atoms with Gasteiger partial charge < -0.3 is 10.3 Å². The van der Waals surface area contributed by atoms with Gasteiger partial charge in [-0.2, -0.15) is 0 Å². The van der Waals surface area contributed by atoms with Crippen LogP contribution in [0, 0.1) is 6.92 Å². The number of fused-ring (bicyclic) bond motifs is 1. The zero-order valence-corrected chi connectivity index (χ0v) is 11.0. The topological polar surface area (TPSA) is 43.8 Å². The van der Waals surface area contributed by atoms with Crippen molar-refractivity contribution < 1.29 is 0 Å². The minimum absolute atomic E-state index is 0.485. The van der Waals surface area contributed by atoms with Crippen LogP contribution in [0.25, 0.3) is 10.9 Å². The molecular formula is C16H17N3. The summed E-state index contributed by atoms with van der Waals surface area (Å²) in [6.45, 7) is 3.48. The fraction of sp³-hybridized carbons (Fsp3) is 0.188. The number of nitrogens with zero attached hydrogens (tertiary/aromatic N) is 2. The summed E-state index contributed by atoms with van der Waals surface area (Å²) in [4.78, 5) is 4.23. The highest BCUT2D eigenvalue weighted by Crippen LogP contribution is 2.20. The highest BCUT2D eigenvalue weighted by molar-refractivity contribution is 5.83. The Morgan fingerprint density at radius 1 is 1.21 bits per heavy atom. The van der Waals surface area contributed by atoms with Crippen molar-refractivity contribution in [1.29, 1.82) is 0 Å². The molecule has 3 rings (SSSR count). The predicted octanol–water partition coefficient (Wildman–Crippen LogP) is 2.85. The van der Waals surface area contributed by atoms with E-state index in [1.54, 1.807) is 0 Å². The standard InChI is InChI=1S/C16H17N3/c1-12-3-2-4-16-15(12)6-8-19(16)11-13-5-7-18-14(9-13)10-17/h2-9H,10-11,17H2,1H3. The summed E-state index contributed by atoms with van der Waals surface area (Å²) in [6.07, 6.45) is 3.97. The molecule has 19 heavy (non-hydrogen) atoms. The Bertz CT molecular complexity index is 713. The molecule has 3 heteroatoms. The van der Waals surface area contributed by atoms with Crippen molar-refractivity contribution in [2.45, 2.75) is 20.0 Å². The smallest absolute Gasteiger partial charge is 0.0542 e. The van der Waals surface area contributed by atoms with Crippen LogP contribution in [-0.4, -0.2) is 9.55 Å². The Morgan fingerprint density at radius 2 is 2.11 bits per heavy atom. The SMILES string of the molecule is Cc1cccc2c1ccn2Cc1ccnc(CN)c1. The molecule has 0 bridgehead atoms. The monoisotopic (exact) mass is 251 g/mol. The van der Waals surface area contributed by atoms with E-state index in [0.717, 1.165) is 12.2 Å². The molecule has 0 aliphatic carbocycles. The van der Waals surface area contributed by atoms with Gasteiger partial charge in [-0.3, -0.25) is 4.98 Å². The third-order valence-electron chi connectivity index (χ3n) is 3.47. The van der Waals surface area contributed by atoms with E-state index in [-0.39, 0.29) is 0 Å². The maximum Gasteiger partial charge on any atom is 0.0542 e. The number of pyridine rings is 1. The van der Waals surface area contributed by atoms with Gasteiger partial charge in [-0.25, -0.2) is 0 Å². The van der Waals surface area contributed by atoms with Crippen LogP contribution in [0.5, 0.6) is 0 Å². The molecule has 0 fully saturated rings. The minimum atomic E-state index is 0.485. The summed E-state index contributed by atoms with van der Waals surface area (Å²) in [5.41, 5.74) is 10.4. The average Bonchev–Trinajstić information content (AvgIpc) is 2.84. The van der Waals surface area contributed by atoms with Crippen LogP contribution in [-0.2, 0) is 13.1 Å². The zero-order chi connectivity index (χ0) is 13.2. The lowest BCUT2D eigenvalue weighted by atomic mass is 10.1. The van der Waals surface area contributed by atoms with Crippen LogP contribution in [0.2, 0.25) is 0 Å². The fourth-order valence-electron chi connectivity index (χ4n) is 2.45. The summed E-state index contributed by atoms with van der Waals surface area (Å²) >= 11 is 0. The zero-order valence-electron chi connectivity index (χ0n) is 11.0. The van der Waals surface area contributed by atoms with Gasteiger partial charge in [0.1, 0.15) is 0 Å². The normalized spacial score (nSPS) is 11.1. The van der Waals surface area contributed by atoms with Crippen LogP contribution >= 0.6 is 0 Å². The van der Waals surface area contributed by atoms with Crippen LogP contribution in [0.15, 0.2) is 48.8 Å². The lowest BCUT2D eigenvalue weighted by molar-refractivity contribution is 0.828. The van der Waals surface area contributed by atoms with Crippen LogP contribution in [0.1, 0.15) is 16.8 Å². The molecule has 0 spiro atoms. The largest absolute Gasteiger partial charge is 0.343 e. The Balaban J connectivity index is 1.99. The molecule has 0 radical (unpaired) electrons. The molecule has 0 saturated carbocycles. The first kappa shape index (κ1) is 11.9. The van der Waals surface area contributed by atoms with E-state index < -0.39 is 0 Å². The first-order chi connectivity index (χ1) is 9.28. The van der Waals surface area contributed by atoms with Gasteiger partial charge in [-0.05, 0) is 42.3 Å². The number of rotatable bonds is 3. The fourth-order valence-corrected chi connectivity index (χ4v) is 2.45. The first-order valence-corrected chi connectivity index (χ1v) is 6.46. The number of aromatic nitrogens is 2. The molecule has 0 saturated heterocycles. The van der Waals surface area contributed by atoms with Gasteiger partial charge >= 0.3 is 0 Å². The van der Waals surface area contributed by atoms with Crippen molar-refractivity contribution in [2.24, 2.45) is 5.73 Å². The van der Waals surface area contributed by atoms with Crippen molar-refractivity contribution in [3.05, 3.63) is 65.6 Å². The van der Waals surface area contributed by atoms with Gasteiger partial charge in [0.15, 0.2) is 0 Å². The van der Waals surface area contributed by atoms with Crippen molar-refractivity contribution >= 4 is 10.9 Å². The van der Waals surface area contributed by atoms with Gasteiger partial charge in [0, 0.05) is 36.4 Å². The second kappa shape index (κ2) is 4.86. The molecule has 0 aliphatic heterocycles. The van der Waals surface area contributed by atoms with E-state index in [1.807, 2.05) is 12.3 Å². The summed E-state index contributed by atoms with van der Waals surface area (Å²) in [6, 6.07) is 12.7. The van der Waals surface area contributed by atoms with Crippen molar-refractivity contribution in [1.82, 2.24) is 9.55 Å². The van der Waals surface area contributed by atoms with E-state index in [2.05, 4.69) is 53.0 Å². The van der Waals surface area contributed by atoms with Gasteiger partial charge in [-0.1, -0.05) is 12.1 Å². The predicted molar refractivity (Wildman–Crippen MR) is 77.9 cm³/mol. The number of hydrogen-bond donors (Lipinski definition) is 1. The quantitative estimate of drug-likeness (QED) is 0.778. The van der Waals surface area contributed by atoms with Crippen molar-refractivity contribution in [3.63, 3.8) is 0 Å². The lowest BCUT2D eigenvalue weighted by Gasteiger charge is -2.07.